The highest BCUT2D eigenvalue weighted by Crippen LogP contribution is 2.31. The number of hydrogen-bond acceptors (Lipinski definition) is 4. The van der Waals surface area contributed by atoms with Crippen LogP contribution in [0, 0.1) is 11.7 Å². The maximum absolute atomic E-state index is 14.7. The lowest BCUT2D eigenvalue weighted by Crippen LogP contribution is -2.29. The molecule has 1 aromatic rings. The molecule has 0 aromatic heterocycles. The lowest BCUT2D eigenvalue weighted by Gasteiger charge is -2.17. The van der Waals surface area contributed by atoms with Gasteiger partial charge in [0.15, 0.2) is 11.6 Å². The number of benzene rings is 1. The number of carbonyl (C=O) groups is 2. The van der Waals surface area contributed by atoms with E-state index in [0.29, 0.717) is 36.8 Å². The highest BCUT2D eigenvalue weighted by Gasteiger charge is 2.26. The minimum absolute atomic E-state index is 0.110. The van der Waals surface area contributed by atoms with E-state index in [1.54, 1.807) is 25.1 Å². The molecule has 160 valence electrons. The van der Waals surface area contributed by atoms with Crippen LogP contribution in [-0.4, -0.2) is 46.5 Å². The fourth-order valence-corrected chi connectivity index (χ4v) is 4.27. The van der Waals surface area contributed by atoms with Crippen LogP contribution in [0.4, 0.5) is 9.18 Å². The number of amides is 3. The first-order valence-electron chi connectivity index (χ1n) is 10.1. The number of ether oxygens (including phenoxy) is 1. The molecule has 29 heavy (non-hydrogen) atoms. The van der Waals surface area contributed by atoms with E-state index in [-0.39, 0.29) is 24.2 Å². The summed E-state index contributed by atoms with van der Waals surface area (Å²) in [6.45, 7) is 2.94. The Balaban J connectivity index is 1.37. The van der Waals surface area contributed by atoms with Gasteiger partial charge < -0.3 is 9.64 Å². The molecule has 0 radical (unpaired) electrons. The molecule has 1 aliphatic carbocycles. The zero-order valence-electron chi connectivity index (χ0n) is 16.6. The van der Waals surface area contributed by atoms with Crippen LogP contribution in [0.1, 0.15) is 50.6 Å². The van der Waals surface area contributed by atoms with Crippen LogP contribution >= 0.6 is 0 Å². The highest BCUT2D eigenvalue weighted by molar-refractivity contribution is 7.83. The smallest absolute Gasteiger partial charge is 0.324 e. The number of unbranched alkanes of at least 4 members (excludes halogenated alkanes) is 2. The third-order valence-electron chi connectivity index (χ3n) is 5.07. The number of rotatable bonds is 12. The van der Waals surface area contributed by atoms with Gasteiger partial charge in [-0.2, -0.15) is 0 Å². The van der Waals surface area contributed by atoms with E-state index in [4.69, 9.17) is 4.74 Å². The van der Waals surface area contributed by atoms with Crippen LogP contribution in [0.2, 0.25) is 0 Å². The van der Waals surface area contributed by atoms with Crippen molar-refractivity contribution in [3.05, 3.63) is 29.6 Å². The molecule has 3 amide bonds. The van der Waals surface area contributed by atoms with E-state index in [1.165, 1.54) is 4.90 Å². The summed E-state index contributed by atoms with van der Waals surface area (Å²) in [6.07, 6.45) is 4.52. The fraction of sp³-hybridized carbons (Fsp3) is 0.600. The summed E-state index contributed by atoms with van der Waals surface area (Å²) in [5, 5.41) is 2.24. The van der Waals surface area contributed by atoms with Gasteiger partial charge in [0, 0.05) is 23.9 Å². The normalized spacial score (nSPS) is 18.6. The van der Waals surface area contributed by atoms with Crippen LogP contribution in [0.25, 0.3) is 0 Å². The molecule has 2 fully saturated rings. The number of nitrogens with one attached hydrogen (secondary N) is 2. The number of urea groups is 1. The Kier molecular flexibility index (Phi) is 7.60. The number of carbonyl (C=O) groups excluding carboxylic acids is 2. The number of imide groups is 1. The van der Waals surface area contributed by atoms with Gasteiger partial charge in [-0.3, -0.25) is 10.1 Å². The van der Waals surface area contributed by atoms with Crippen LogP contribution in [0.3, 0.4) is 0 Å². The zero-order valence-corrected chi connectivity index (χ0v) is 17.4. The second kappa shape index (κ2) is 10.2. The molecule has 0 bridgehead atoms. The van der Waals surface area contributed by atoms with Gasteiger partial charge in [-0.25, -0.2) is 18.1 Å². The van der Waals surface area contributed by atoms with Crippen LogP contribution in [0.5, 0.6) is 5.75 Å². The first kappa shape index (κ1) is 21.7. The molecule has 9 heteroatoms. The van der Waals surface area contributed by atoms with Gasteiger partial charge in [-0.05, 0) is 44.6 Å². The minimum atomic E-state index is -1.29. The average molecular weight is 426 g/mol. The molecule has 2 atom stereocenters. The van der Waals surface area contributed by atoms with Crippen molar-refractivity contribution in [1.29, 1.82) is 0 Å². The van der Waals surface area contributed by atoms with Crippen molar-refractivity contribution in [2.45, 2.75) is 45.1 Å². The summed E-state index contributed by atoms with van der Waals surface area (Å²) >= 11 is 0. The number of nitrogens with zero attached hydrogens (tertiary/aromatic N) is 1. The summed E-state index contributed by atoms with van der Waals surface area (Å²) in [7, 11) is -1.29. The van der Waals surface area contributed by atoms with Gasteiger partial charge in [0.05, 0.1) is 17.6 Å². The standard InChI is InChI=1S/C20H28FN3O4S/c1-14(16-6-5-7-17(19(16)21)28-13-15-8-9-15)23-29(27)11-4-2-3-10-24-12-18(25)22-20(24)26/h5-7,14-15,23H,2-4,8-13H2,1H3,(H,22,25,26)/t14-,29?/m0/s1. The van der Waals surface area contributed by atoms with Gasteiger partial charge >= 0.3 is 6.03 Å². The van der Waals surface area contributed by atoms with Crippen molar-refractivity contribution in [3.63, 3.8) is 0 Å². The fourth-order valence-electron chi connectivity index (χ4n) is 3.16. The van der Waals surface area contributed by atoms with E-state index in [1.807, 2.05) is 0 Å². The van der Waals surface area contributed by atoms with Crippen LogP contribution < -0.4 is 14.8 Å². The van der Waals surface area contributed by atoms with E-state index in [2.05, 4.69) is 10.0 Å². The third-order valence-corrected chi connectivity index (χ3v) is 6.34. The van der Waals surface area contributed by atoms with Gasteiger partial charge in [-0.15, -0.1) is 0 Å². The monoisotopic (exact) mass is 425 g/mol. The van der Waals surface area contributed by atoms with E-state index in [0.717, 1.165) is 25.7 Å². The summed E-state index contributed by atoms with van der Waals surface area (Å²) in [6, 6.07) is 4.30. The van der Waals surface area contributed by atoms with Crippen molar-refractivity contribution in [2.75, 3.05) is 25.4 Å². The molecule has 3 rings (SSSR count). The molecule has 7 nitrogen and oxygen atoms in total. The second-order valence-corrected chi connectivity index (χ2v) is 8.97. The maximum atomic E-state index is 14.7. The maximum Gasteiger partial charge on any atom is 0.324 e. The predicted molar refractivity (Wildman–Crippen MR) is 108 cm³/mol. The first-order valence-corrected chi connectivity index (χ1v) is 11.4. The Labute approximate surface area is 173 Å². The minimum Gasteiger partial charge on any atom is -0.490 e. The third kappa shape index (κ3) is 6.50. The van der Waals surface area contributed by atoms with Crippen molar-refractivity contribution in [1.82, 2.24) is 14.9 Å². The average Bonchev–Trinajstić information content (AvgIpc) is 3.44. The molecular weight excluding hydrogens is 397 g/mol. The van der Waals surface area contributed by atoms with Crippen LogP contribution in [-0.2, 0) is 15.8 Å². The quantitative estimate of drug-likeness (QED) is 0.398. The first-order chi connectivity index (χ1) is 13.9. The Morgan fingerprint density at radius 3 is 2.79 bits per heavy atom. The highest BCUT2D eigenvalue weighted by atomic mass is 32.2. The topological polar surface area (TPSA) is 87.7 Å². The SMILES string of the molecule is C[C@H](NS(=O)CCCCCN1CC(=O)NC1=O)c1cccc(OCC2CC2)c1F. The molecule has 1 unspecified atom stereocenters. The largest absolute Gasteiger partial charge is 0.490 e. The van der Waals surface area contributed by atoms with Crippen molar-refractivity contribution >= 4 is 22.9 Å². The van der Waals surface area contributed by atoms with Crippen LogP contribution in [0.15, 0.2) is 18.2 Å². The Bertz CT molecular complexity index is 772. The predicted octanol–water partition coefficient (Wildman–Crippen LogP) is 2.65. The summed E-state index contributed by atoms with van der Waals surface area (Å²) in [5.74, 6) is 0.557. The molecule has 1 saturated heterocycles. The zero-order chi connectivity index (χ0) is 20.8. The summed E-state index contributed by atoms with van der Waals surface area (Å²) in [4.78, 5) is 24.0. The van der Waals surface area contributed by atoms with Crippen molar-refractivity contribution in [3.8, 4) is 5.75 Å². The van der Waals surface area contributed by atoms with Gasteiger partial charge in [-0.1, -0.05) is 18.6 Å². The molecule has 2 aliphatic rings. The van der Waals surface area contributed by atoms with Gasteiger partial charge in [0.2, 0.25) is 5.91 Å². The van der Waals surface area contributed by atoms with Crippen molar-refractivity contribution in [2.24, 2.45) is 5.92 Å². The lowest BCUT2D eigenvalue weighted by atomic mass is 10.1. The van der Waals surface area contributed by atoms with E-state index < -0.39 is 22.8 Å². The van der Waals surface area contributed by atoms with E-state index in [9.17, 15) is 18.2 Å². The molecule has 1 aromatic carbocycles. The Morgan fingerprint density at radius 2 is 2.10 bits per heavy atom. The molecular formula is C20H28FN3O4S. The van der Waals surface area contributed by atoms with Gasteiger partial charge in [0.1, 0.15) is 6.54 Å². The van der Waals surface area contributed by atoms with E-state index >= 15 is 0 Å². The Morgan fingerprint density at radius 1 is 1.31 bits per heavy atom. The molecule has 1 aliphatic heterocycles. The van der Waals surface area contributed by atoms with Crippen molar-refractivity contribution < 1.29 is 22.9 Å². The molecule has 0 spiro atoms. The molecule has 1 heterocycles. The molecule has 1 saturated carbocycles. The summed E-state index contributed by atoms with van der Waals surface area (Å²) < 4.78 is 35.5. The molecule has 2 N–H and O–H groups in total. The van der Waals surface area contributed by atoms with Gasteiger partial charge in [0.25, 0.3) is 0 Å². The number of halogens is 1. The Hall–Kier alpha value is -2.00. The second-order valence-electron chi connectivity index (χ2n) is 7.64. The number of hydrogen-bond donors (Lipinski definition) is 2. The summed E-state index contributed by atoms with van der Waals surface area (Å²) in [5.41, 5.74) is 0.441. The lowest BCUT2D eigenvalue weighted by molar-refractivity contribution is -0.118.